The van der Waals surface area contributed by atoms with Gasteiger partial charge < -0.3 is 4.74 Å². The fourth-order valence-corrected chi connectivity index (χ4v) is 3.30. The van der Waals surface area contributed by atoms with Crippen molar-refractivity contribution in [3.8, 4) is 11.8 Å². The lowest BCUT2D eigenvalue weighted by Gasteiger charge is -2.26. The van der Waals surface area contributed by atoms with Crippen molar-refractivity contribution in [1.82, 2.24) is 0 Å². The molecule has 0 radical (unpaired) electrons. The van der Waals surface area contributed by atoms with Gasteiger partial charge in [-0.05, 0) is 63.7 Å². The highest BCUT2D eigenvalue weighted by atomic mass is 16.5. The third-order valence-electron chi connectivity index (χ3n) is 4.74. The van der Waals surface area contributed by atoms with Gasteiger partial charge in [-0.2, -0.15) is 0 Å². The van der Waals surface area contributed by atoms with Gasteiger partial charge in [0.15, 0.2) is 0 Å². The van der Waals surface area contributed by atoms with E-state index in [0.717, 1.165) is 18.9 Å². The molecule has 2 aliphatic rings. The van der Waals surface area contributed by atoms with E-state index in [4.69, 9.17) is 4.74 Å². The molecule has 2 rings (SSSR count). The highest BCUT2D eigenvalue weighted by Crippen LogP contribution is 2.29. The van der Waals surface area contributed by atoms with Gasteiger partial charge in [0.1, 0.15) is 0 Å². The van der Waals surface area contributed by atoms with E-state index in [-0.39, 0.29) is 0 Å². The molecule has 108 valence electrons. The van der Waals surface area contributed by atoms with Crippen molar-refractivity contribution in [2.24, 2.45) is 17.8 Å². The first-order valence-corrected chi connectivity index (χ1v) is 8.40. The maximum absolute atomic E-state index is 5.84. The topological polar surface area (TPSA) is 9.23 Å². The van der Waals surface area contributed by atoms with Crippen LogP contribution in [0.4, 0.5) is 0 Å². The Morgan fingerprint density at radius 1 is 0.842 bits per heavy atom. The summed E-state index contributed by atoms with van der Waals surface area (Å²) in [5.74, 6) is 9.44. The summed E-state index contributed by atoms with van der Waals surface area (Å²) in [6.07, 6.45) is 12.1. The molecule has 2 fully saturated rings. The van der Waals surface area contributed by atoms with Crippen LogP contribution in [0.3, 0.4) is 0 Å². The largest absolute Gasteiger partial charge is 0.378 e. The van der Waals surface area contributed by atoms with E-state index in [1.54, 1.807) is 0 Å². The Balaban J connectivity index is 1.68. The van der Waals surface area contributed by atoms with Crippen molar-refractivity contribution in [3.05, 3.63) is 0 Å². The second kappa shape index (κ2) is 7.95. The first-order chi connectivity index (χ1) is 9.28. The summed E-state index contributed by atoms with van der Waals surface area (Å²) in [4.78, 5) is 0. The molecule has 0 atom stereocenters. The maximum atomic E-state index is 5.84. The Kier molecular flexibility index (Phi) is 6.24. The first-order valence-electron chi connectivity index (χ1n) is 8.40. The summed E-state index contributed by atoms with van der Waals surface area (Å²) in [6, 6.07) is 0. The van der Waals surface area contributed by atoms with Gasteiger partial charge in [-0.15, -0.1) is 0 Å². The number of ether oxygens (including phenoxy) is 1. The Bertz CT molecular complexity index is 295. The first kappa shape index (κ1) is 14.9. The predicted octanol–water partition coefficient (Wildman–Crippen LogP) is 4.80. The van der Waals surface area contributed by atoms with E-state index >= 15 is 0 Å². The molecule has 0 aliphatic heterocycles. The summed E-state index contributed by atoms with van der Waals surface area (Å²) in [6.45, 7) is 5.49. The highest BCUT2D eigenvalue weighted by molar-refractivity contribution is 5.09. The van der Waals surface area contributed by atoms with Gasteiger partial charge in [-0.25, -0.2) is 0 Å². The standard InChI is InChI=1S/C18H30O/c1-3-14-19-18-12-10-17(11-13-18)9-8-16-6-4-15(2)5-7-16/h15-18H,3-7,10-14H2,1-2H3. The molecule has 2 aliphatic carbocycles. The minimum absolute atomic E-state index is 0.522. The van der Waals surface area contributed by atoms with Crippen molar-refractivity contribution in [2.75, 3.05) is 6.61 Å². The number of hydrogen-bond donors (Lipinski definition) is 0. The van der Waals surface area contributed by atoms with E-state index in [2.05, 4.69) is 25.7 Å². The molecule has 0 amide bonds. The van der Waals surface area contributed by atoms with E-state index in [9.17, 15) is 0 Å². The van der Waals surface area contributed by atoms with E-state index in [1.165, 1.54) is 51.4 Å². The van der Waals surface area contributed by atoms with Crippen molar-refractivity contribution < 1.29 is 4.74 Å². The zero-order valence-electron chi connectivity index (χ0n) is 12.8. The molecule has 0 unspecified atom stereocenters. The molecule has 0 bridgehead atoms. The maximum Gasteiger partial charge on any atom is 0.0576 e. The lowest BCUT2D eigenvalue weighted by molar-refractivity contribution is 0.0234. The van der Waals surface area contributed by atoms with Crippen molar-refractivity contribution in [1.29, 1.82) is 0 Å². The van der Waals surface area contributed by atoms with Crippen LogP contribution in [-0.2, 0) is 4.74 Å². The normalized spacial score (nSPS) is 35.5. The third-order valence-corrected chi connectivity index (χ3v) is 4.74. The van der Waals surface area contributed by atoms with E-state index in [0.29, 0.717) is 17.9 Å². The smallest absolute Gasteiger partial charge is 0.0576 e. The minimum atomic E-state index is 0.522. The zero-order valence-corrected chi connectivity index (χ0v) is 12.8. The molecule has 1 heteroatoms. The minimum Gasteiger partial charge on any atom is -0.378 e. The molecule has 0 aromatic heterocycles. The molecule has 19 heavy (non-hydrogen) atoms. The molecule has 0 heterocycles. The van der Waals surface area contributed by atoms with Crippen LogP contribution < -0.4 is 0 Å². The van der Waals surface area contributed by atoms with E-state index < -0.39 is 0 Å². The van der Waals surface area contributed by atoms with Crippen LogP contribution in [0.1, 0.15) is 71.6 Å². The summed E-state index contributed by atoms with van der Waals surface area (Å²) < 4.78 is 5.84. The van der Waals surface area contributed by atoms with Crippen LogP contribution in [-0.4, -0.2) is 12.7 Å². The Morgan fingerprint density at radius 3 is 1.89 bits per heavy atom. The molecule has 2 saturated carbocycles. The molecule has 0 saturated heterocycles. The van der Waals surface area contributed by atoms with Gasteiger partial charge in [-0.1, -0.05) is 25.7 Å². The van der Waals surface area contributed by atoms with Crippen LogP contribution >= 0.6 is 0 Å². The van der Waals surface area contributed by atoms with Crippen molar-refractivity contribution in [3.63, 3.8) is 0 Å². The molecule has 0 N–H and O–H groups in total. The average molecular weight is 262 g/mol. The molecule has 1 nitrogen and oxygen atoms in total. The number of hydrogen-bond acceptors (Lipinski definition) is 1. The molecular weight excluding hydrogens is 232 g/mol. The van der Waals surface area contributed by atoms with Crippen LogP contribution in [0.2, 0.25) is 0 Å². The van der Waals surface area contributed by atoms with Crippen LogP contribution in [0.25, 0.3) is 0 Å². The monoisotopic (exact) mass is 262 g/mol. The van der Waals surface area contributed by atoms with Crippen LogP contribution in [0.15, 0.2) is 0 Å². The average Bonchev–Trinajstić information content (AvgIpc) is 2.46. The molecule has 0 spiro atoms. The molecule has 0 aromatic carbocycles. The Labute approximate surface area is 119 Å². The van der Waals surface area contributed by atoms with E-state index in [1.807, 2.05) is 0 Å². The predicted molar refractivity (Wildman–Crippen MR) is 80.9 cm³/mol. The van der Waals surface area contributed by atoms with Crippen molar-refractivity contribution in [2.45, 2.75) is 77.7 Å². The van der Waals surface area contributed by atoms with Gasteiger partial charge in [0.2, 0.25) is 0 Å². The van der Waals surface area contributed by atoms with Gasteiger partial charge in [0.25, 0.3) is 0 Å². The fraction of sp³-hybridized carbons (Fsp3) is 0.889. The summed E-state index contributed by atoms with van der Waals surface area (Å²) in [5.41, 5.74) is 0. The summed E-state index contributed by atoms with van der Waals surface area (Å²) >= 11 is 0. The van der Waals surface area contributed by atoms with Crippen LogP contribution in [0.5, 0.6) is 0 Å². The summed E-state index contributed by atoms with van der Waals surface area (Å²) in [5, 5.41) is 0. The summed E-state index contributed by atoms with van der Waals surface area (Å²) in [7, 11) is 0. The fourth-order valence-electron chi connectivity index (χ4n) is 3.30. The zero-order chi connectivity index (χ0) is 13.5. The van der Waals surface area contributed by atoms with Gasteiger partial charge >= 0.3 is 0 Å². The highest BCUT2D eigenvalue weighted by Gasteiger charge is 2.21. The Hall–Kier alpha value is -0.480. The number of rotatable bonds is 3. The SMILES string of the molecule is CCCOC1CCC(C#CC2CCC(C)CC2)CC1. The quantitative estimate of drug-likeness (QED) is 0.664. The molecule has 0 aromatic rings. The Morgan fingerprint density at radius 2 is 1.37 bits per heavy atom. The van der Waals surface area contributed by atoms with Gasteiger partial charge in [0.05, 0.1) is 6.10 Å². The van der Waals surface area contributed by atoms with Gasteiger partial charge in [0, 0.05) is 18.4 Å². The van der Waals surface area contributed by atoms with Gasteiger partial charge in [-0.3, -0.25) is 0 Å². The van der Waals surface area contributed by atoms with Crippen LogP contribution in [0, 0.1) is 29.6 Å². The second-order valence-corrected chi connectivity index (χ2v) is 6.59. The molecular formula is C18H30O. The van der Waals surface area contributed by atoms with Crippen molar-refractivity contribution >= 4 is 0 Å². The third kappa shape index (κ3) is 5.19. The lowest BCUT2D eigenvalue weighted by atomic mass is 9.82. The second-order valence-electron chi connectivity index (χ2n) is 6.59. The lowest BCUT2D eigenvalue weighted by Crippen LogP contribution is -2.21.